The summed E-state index contributed by atoms with van der Waals surface area (Å²) in [7, 11) is 1.79. The lowest BCUT2D eigenvalue weighted by molar-refractivity contribution is -0.114. The minimum atomic E-state index is -0.223. The van der Waals surface area contributed by atoms with Gasteiger partial charge < -0.3 is 10.2 Å². The Kier molecular flexibility index (Phi) is 5.61. The van der Waals surface area contributed by atoms with Gasteiger partial charge >= 0.3 is 0 Å². The second-order valence-corrected chi connectivity index (χ2v) is 6.64. The van der Waals surface area contributed by atoms with E-state index in [0.29, 0.717) is 20.9 Å². The highest BCUT2D eigenvalue weighted by atomic mass is 35.5. The van der Waals surface area contributed by atoms with Gasteiger partial charge in [0.15, 0.2) is 0 Å². The molecule has 1 aromatic heterocycles. The second-order valence-electron chi connectivity index (χ2n) is 5.09. The average Bonchev–Trinajstić information content (AvgIpc) is 2.93. The maximum absolute atomic E-state index is 12.1. The summed E-state index contributed by atoms with van der Waals surface area (Å²) in [5.74, 6) is 0.814. The fraction of sp³-hybridized carbons (Fsp3) is 0.357. The SMILES string of the molecule is CC(C)c1nsc(N(C)CC(=O)Nc2c(Cl)cccc2Cl)n1. The number of benzene rings is 1. The number of carbonyl (C=O) groups excluding carboxylic acids is 1. The molecule has 1 heterocycles. The number of para-hydroxylation sites is 1. The first-order chi connectivity index (χ1) is 10.4. The molecule has 2 rings (SSSR count). The fourth-order valence-electron chi connectivity index (χ4n) is 1.70. The normalized spacial score (nSPS) is 10.8. The summed E-state index contributed by atoms with van der Waals surface area (Å²) >= 11 is 13.3. The Morgan fingerprint density at radius 2 is 2.00 bits per heavy atom. The zero-order chi connectivity index (χ0) is 16.3. The van der Waals surface area contributed by atoms with E-state index in [0.717, 1.165) is 5.82 Å². The van der Waals surface area contributed by atoms with Crippen LogP contribution in [0.25, 0.3) is 0 Å². The highest BCUT2D eigenvalue weighted by molar-refractivity contribution is 7.09. The number of amides is 1. The van der Waals surface area contributed by atoms with Crippen molar-refractivity contribution in [3.8, 4) is 0 Å². The largest absolute Gasteiger partial charge is 0.341 e. The van der Waals surface area contributed by atoms with Gasteiger partial charge in [-0.2, -0.15) is 4.37 Å². The molecule has 22 heavy (non-hydrogen) atoms. The number of likely N-dealkylation sites (N-methyl/N-ethyl adjacent to an activating group) is 1. The number of hydrogen-bond acceptors (Lipinski definition) is 5. The number of carbonyl (C=O) groups is 1. The highest BCUT2D eigenvalue weighted by Crippen LogP contribution is 2.29. The number of hydrogen-bond donors (Lipinski definition) is 1. The van der Waals surface area contributed by atoms with E-state index in [4.69, 9.17) is 23.2 Å². The van der Waals surface area contributed by atoms with Crippen LogP contribution in [0, 0.1) is 0 Å². The van der Waals surface area contributed by atoms with Gasteiger partial charge in [0.25, 0.3) is 0 Å². The minimum Gasteiger partial charge on any atom is -0.341 e. The number of anilines is 2. The maximum Gasteiger partial charge on any atom is 0.244 e. The molecule has 1 aromatic carbocycles. The van der Waals surface area contributed by atoms with E-state index < -0.39 is 0 Å². The Balaban J connectivity index is 2.02. The molecule has 118 valence electrons. The van der Waals surface area contributed by atoms with Crippen molar-refractivity contribution in [2.75, 3.05) is 23.8 Å². The topological polar surface area (TPSA) is 58.1 Å². The van der Waals surface area contributed by atoms with Gasteiger partial charge in [-0.3, -0.25) is 4.79 Å². The van der Waals surface area contributed by atoms with Crippen LogP contribution in [0.4, 0.5) is 10.8 Å². The minimum absolute atomic E-state index is 0.133. The van der Waals surface area contributed by atoms with Gasteiger partial charge in [-0.05, 0) is 12.1 Å². The molecule has 0 aliphatic rings. The maximum atomic E-state index is 12.1. The van der Waals surface area contributed by atoms with Crippen LogP contribution in [0.5, 0.6) is 0 Å². The van der Waals surface area contributed by atoms with Crippen molar-refractivity contribution >= 4 is 51.5 Å². The predicted octanol–water partition coefficient (Wildman–Crippen LogP) is 4.04. The summed E-state index contributed by atoms with van der Waals surface area (Å²) in [4.78, 5) is 18.3. The van der Waals surface area contributed by atoms with Gasteiger partial charge in [-0.1, -0.05) is 43.1 Å². The lowest BCUT2D eigenvalue weighted by Crippen LogP contribution is -2.30. The van der Waals surface area contributed by atoms with Gasteiger partial charge in [-0.15, -0.1) is 0 Å². The summed E-state index contributed by atoms with van der Waals surface area (Å²) in [5.41, 5.74) is 0.421. The highest BCUT2D eigenvalue weighted by Gasteiger charge is 2.15. The molecule has 0 saturated carbocycles. The zero-order valence-corrected chi connectivity index (χ0v) is 14.8. The van der Waals surface area contributed by atoms with Crippen molar-refractivity contribution in [1.29, 1.82) is 0 Å². The van der Waals surface area contributed by atoms with Gasteiger partial charge in [0.05, 0.1) is 22.3 Å². The average molecular weight is 359 g/mol. The van der Waals surface area contributed by atoms with E-state index in [1.165, 1.54) is 11.5 Å². The van der Waals surface area contributed by atoms with Crippen molar-refractivity contribution in [1.82, 2.24) is 9.36 Å². The molecular formula is C14H16Cl2N4OS. The third-order valence-electron chi connectivity index (χ3n) is 2.88. The Morgan fingerprint density at radius 1 is 1.36 bits per heavy atom. The molecule has 0 fully saturated rings. The molecule has 2 aromatic rings. The standard InChI is InChI=1S/C14H16Cl2N4OS/c1-8(2)13-18-14(22-19-13)20(3)7-11(21)17-12-9(15)5-4-6-10(12)16/h4-6,8H,7H2,1-3H3,(H,17,21). The van der Waals surface area contributed by atoms with E-state index in [1.54, 1.807) is 30.1 Å². The lowest BCUT2D eigenvalue weighted by atomic mass is 10.2. The molecule has 0 aliphatic carbocycles. The smallest absolute Gasteiger partial charge is 0.244 e. The van der Waals surface area contributed by atoms with Crippen LogP contribution in [0.1, 0.15) is 25.6 Å². The predicted molar refractivity (Wildman–Crippen MR) is 92.4 cm³/mol. The monoisotopic (exact) mass is 358 g/mol. The Morgan fingerprint density at radius 3 is 2.55 bits per heavy atom. The second kappa shape index (κ2) is 7.26. The van der Waals surface area contributed by atoms with Gasteiger partial charge in [0.1, 0.15) is 5.82 Å². The van der Waals surface area contributed by atoms with Crippen LogP contribution in [-0.2, 0) is 4.79 Å². The van der Waals surface area contributed by atoms with Gasteiger partial charge in [0, 0.05) is 24.5 Å². The molecule has 0 spiro atoms. The molecule has 0 aliphatic heterocycles. The third kappa shape index (κ3) is 4.09. The first kappa shape index (κ1) is 17.0. The van der Waals surface area contributed by atoms with Gasteiger partial charge in [0.2, 0.25) is 11.0 Å². The van der Waals surface area contributed by atoms with E-state index in [-0.39, 0.29) is 18.4 Å². The van der Waals surface area contributed by atoms with E-state index in [9.17, 15) is 4.79 Å². The molecule has 1 N–H and O–H groups in total. The number of nitrogens with zero attached hydrogens (tertiary/aromatic N) is 3. The number of aromatic nitrogens is 2. The summed E-state index contributed by atoms with van der Waals surface area (Å²) in [5, 5.41) is 4.23. The molecule has 0 bridgehead atoms. The third-order valence-corrected chi connectivity index (χ3v) is 4.36. The molecule has 0 unspecified atom stereocenters. The Labute approximate surface area is 143 Å². The van der Waals surface area contributed by atoms with Crippen molar-refractivity contribution < 1.29 is 4.79 Å². The summed E-state index contributed by atoms with van der Waals surface area (Å²) in [6.07, 6.45) is 0. The van der Waals surface area contributed by atoms with Crippen molar-refractivity contribution in [3.05, 3.63) is 34.1 Å². The van der Waals surface area contributed by atoms with Crippen LogP contribution in [0.2, 0.25) is 10.0 Å². The van der Waals surface area contributed by atoms with E-state index in [1.807, 2.05) is 13.8 Å². The Bertz CT molecular complexity index is 654. The first-order valence-corrected chi connectivity index (χ1v) is 8.20. The molecule has 1 amide bonds. The van der Waals surface area contributed by atoms with Crippen molar-refractivity contribution in [3.63, 3.8) is 0 Å². The van der Waals surface area contributed by atoms with Crippen LogP contribution in [0.3, 0.4) is 0 Å². The molecule has 0 saturated heterocycles. The van der Waals surface area contributed by atoms with Gasteiger partial charge in [-0.25, -0.2) is 4.98 Å². The summed E-state index contributed by atoms with van der Waals surface area (Å²) < 4.78 is 4.27. The molecule has 8 heteroatoms. The molecule has 0 radical (unpaired) electrons. The van der Waals surface area contributed by atoms with Crippen molar-refractivity contribution in [2.24, 2.45) is 0 Å². The number of nitrogens with one attached hydrogen (secondary N) is 1. The first-order valence-electron chi connectivity index (χ1n) is 6.67. The number of halogens is 2. The fourth-order valence-corrected chi connectivity index (χ4v) is 2.95. The van der Waals surface area contributed by atoms with Crippen LogP contribution in [-0.4, -0.2) is 28.9 Å². The summed E-state index contributed by atoms with van der Waals surface area (Å²) in [6.45, 7) is 4.18. The summed E-state index contributed by atoms with van der Waals surface area (Å²) in [6, 6.07) is 5.07. The van der Waals surface area contributed by atoms with Crippen molar-refractivity contribution in [2.45, 2.75) is 19.8 Å². The lowest BCUT2D eigenvalue weighted by Gasteiger charge is -2.15. The van der Waals surface area contributed by atoms with Crippen LogP contribution in [0.15, 0.2) is 18.2 Å². The molecule has 0 atom stereocenters. The van der Waals surface area contributed by atoms with Crippen LogP contribution < -0.4 is 10.2 Å². The van der Waals surface area contributed by atoms with E-state index in [2.05, 4.69) is 14.7 Å². The van der Waals surface area contributed by atoms with E-state index >= 15 is 0 Å². The number of rotatable bonds is 5. The Hall–Kier alpha value is -1.37. The van der Waals surface area contributed by atoms with Crippen LogP contribution >= 0.6 is 34.7 Å². The molecule has 5 nitrogen and oxygen atoms in total. The molecular weight excluding hydrogens is 343 g/mol. The quantitative estimate of drug-likeness (QED) is 0.875. The zero-order valence-electron chi connectivity index (χ0n) is 12.4.